The standard InChI is InChI=1S/C13H24N4O2/c1-5-6-11-16-12(14-3)9(2)13(17-11)15-7-10(18)8-19-4/h10,18H,5-8H2,1-4H3,(H2,14,15,16,17). The minimum atomic E-state index is -0.549. The molecule has 1 aromatic heterocycles. The number of hydrogen-bond acceptors (Lipinski definition) is 6. The second-order valence-electron chi connectivity index (χ2n) is 4.45. The third-order valence-corrected chi connectivity index (χ3v) is 2.77. The van der Waals surface area contributed by atoms with Gasteiger partial charge in [-0.3, -0.25) is 0 Å². The quantitative estimate of drug-likeness (QED) is 0.657. The van der Waals surface area contributed by atoms with Crippen molar-refractivity contribution in [2.45, 2.75) is 32.8 Å². The van der Waals surface area contributed by atoms with Crippen LogP contribution in [-0.4, -0.2) is 48.5 Å². The van der Waals surface area contributed by atoms with Crippen molar-refractivity contribution < 1.29 is 9.84 Å². The summed E-state index contributed by atoms with van der Waals surface area (Å²) in [4.78, 5) is 8.94. The van der Waals surface area contributed by atoms with E-state index in [-0.39, 0.29) is 0 Å². The number of ether oxygens (including phenoxy) is 1. The van der Waals surface area contributed by atoms with Gasteiger partial charge in [0.15, 0.2) is 0 Å². The Morgan fingerprint density at radius 2 is 2.00 bits per heavy atom. The molecule has 0 aliphatic carbocycles. The topological polar surface area (TPSA) is 79.3 Å². The zero-order valence-corrected chi connectivity index (χ0v) is 12.2. The van der Waals surface area contributed by atoms with Gasteiger partial charge in [-0.1, -0.05) is 6.92 Å². The molecule has 1 heterocycles. The summed E-state index contributed by atoms with van der Waals surface area (Å²) >= 11 is 0. The molecule has 0 amide bonds. The average molecular weight is 268 g/mol. The minimum absolute atomic E-state index is 0.303. The summed E-state index contributed by atoms with van der Waals surface area (Å²) in [5.41, 5.74) is 0.951. The lowest BCUT2D eigenvalue weighted by Gasteiger charge is -2.15. The van der Waals surface area contributed by atoms with E-state index in [9.17, 15) is 5.11 Å². The van der Waals surface area contributed by atoms with Gasteiger partial charge in [0, 0.05) is 32.7 Å². The molecular weight excluding hydrogens is 244 g/mol. The van der Waals surface area contributed by atoms with Crippen LogP contribution in [-0.2, 0) is 11.2 Å². The number of aromatic nitrogens is 2. The van der Waals surface area contributed by atoms with Crippen molar-refractivity contribution >= 4 is 11.6 Å². The summed E-state index contributed by atoms with van der Waals surface area (Å²) in [5.74, 6) is 2.39. The zero-order valence-electron chi connectivity index (χ0n) is 12.2. The first-order chi connectivity index (χ1) is 9.12. The molecule has 3 N–H and O–H groups in total. The van der Waals surface area contributed by atoms with E-state index in [1.807, 2.05) is 14.0 Å². The number of anilines is 2. The van der Waals surface area contributed by atoms with E-state index >= 15 is 0 Å². The predicted octanol–water partition coefficient (Wildman–Crippen LogP) is 1.20. The van der Waals surface area contributed by atoms with E-state index in [2.05, 4.69) is 27.5 Å². The second kappa shape index (κ2) is 7.91. The first kappa shape index (κ1) is 15.7. The molecule has 1 rings (SSSR count). The lowest BCUT2D eigenvalue weighted by atomic mass is 10.2. The van der Waals surface area contributed by atoms with E-state index in [1.165, 1.54) is 0 Å². The molecule has 0 bridgehead atoms. The summed E-state index contributed by atoms with van der Waals surface area (Å²) in [7, 11) is 3.41. The lowest BCUT2D eigenvalue weighted by molar-refractivity contribution is 0.0727. The molecule has 6 nitrogen and oxygen atoms in total. The van der Waals surface area contributed by atoms with Gasteiger partial charge in [0.1, 0.15) is 17.5 Å². The van der Waals surface area contributed by atoms with Gasteiger partial charge in [0.05, 0.1) is 12.7 Å². The van der Waals surface area contributed by atoms with E-state index < -0.39 is 6.10 Å². The van der Waals surface area contributed by atoms with Crippen LogP contribution in [0.1, 0.15) is 24.7 Å². The maximum atomic E-state index is 9.65. The molecule has 0 fully saturated rings. The Labute approximate surface area is 114 Å². The van der Waals surface area contributed by atoms with E-state index in [1.54, 1.807) is 7.11 Å². The third-order valence-electron chi connectivity index (χ3n) is 2.77. The smallest absolute Gasteiger partial charge is 0.134 e. The van der Waals surface area contributed by atoms with Crippen LogP contribution in [0, 0.1) is 6.92 Å². The fraction of sp³-hybridized carbons (Fsp3) is 0.692. The Kier molecular flexibility index (Phi) is 6.52. The molecular formula is C13H24N4O2. The van der Waals surface area contributed by atoms with Gasteiger partial charge in [-0.2, -0.15) is 0 Å². The van der Waals surface area contributed by atoms with Gasteiger partial charge in [0.2, 0.25) is 0 Å². The van der Waals surface area contributed by atoms with Crippen molar-refractivity contribution in [2.75, 3.05) is 37.9 Å². The summed E-state index contributed by atoms with van der Waals surface area (Å²) in [6.07, 6.45) is 1.29. The number of hydrogen-bond donors (Lipinski definition) is 3. The van der Waals surface area contributed by atoms with Gasteiger partial charge in [0.25, 0.3) is 0 Å². The van der Waals surface area contributed by atoms with E-state index in [0.29, 0.717) is 13.2 Å². The summed E-state index contributed by atoms with van der Waals surface area (Å²) < 4.78 is 4.89. The number of aliphatic hydroxyl groups excluding tert-OH is 1. The summed E-state index contributed by atoms with van der Waals surface area (Å²) in [5, 5.41) is 15.9. The molecule has 1 atom stereocenters. The van der Waals surface area contributed by atoms with Gasteiger partial charge in [-0.15, -0.1) is 0 Å². The van der Waals surface area contributed by atoms with Crippen LogP contribution in [0.15, 0.2) is 0 Å². The lowest BCUT2D eigenvalue weighted by Crippen LogP contribution is -2.25. The fourth-order valence-electron chi connectivity index (χ4n) is 1.78. The minimum Gasteiger partial charge on any atom is -0.389 e. The fourth-order valence-corrected chi connectivity index (χ4v) is 1.78. The SMILES string of the molecule is CCCc1nc(NC)c(C)c(NCC(O)COC)n1. The van der Waals surface area contributed by atoms with Gasteiger partial charge >= 0.3 is 0 Å². The highest BCUT2D eigenvalue weighted by atomic mass is 16.5. The number of nitrogens with zero attached hydrogens (tertiary/aromatic N) is 2. The summed E-state index contributed by atoms with van der Waals surface area (Å²) in [6, 6.07) is 0. The molecule has 1 unspecified atom stereocenters. The number of rotatable bonds is 8. The second-order valence-corrected chi connectivity index (χ2v) is 4.45. The molecule has 0 aliphatic heterocycles. The predicted molar refractivity (Wildman–Crippen MR) is 76.7 cm³/mol. The van der Waals surface area contributed by atoms with Crippen LogP contribution in [0.3, 0.4) is 0 Å². The monoisotopic (exact) mass is 268 g/mol. The molecule has 0 radical (unpaired) electrons. The van der Waals surface area contributed by atoms with Crippen molar-refractivity contribution in [3.05, 3.63) is 11.4 Å². The van der Waals surface area contributed by atoms with Crippen LogP contribution in [0.4, 0.5) is 11.6 Å². The Morgan fingerprint density at radius 3 is 2.58 bits per heavy atom. The van der Waals surface area contributed by atoms with Crippen LogP contribution >= 0.6 is 0 Å². The Hall–Kier alpha value is -1.40. The molecule has 0 saturated heterocycles. The molecule has 0 aromatic carbocycles. The normalized spacial score (nSPS) is 12.3. The highest BCUT2D eigenvalue weighted by Gasteiger charge is 2.11. The molecule has 0 saturated carbocycles. The number of aliphatic hydroxyl groups is 1. The van der Waals surface area contributed by atoms with E-state index in [0.717, 1.165) is 35.9 Å². The van der Waals surface area contributed by atoms with Crippen LogP contribution < -0.4 is 10.6 Å². The van der Waals surface area contributed by atoms with Crippen molar-refractivity contribution in [3.63, 3.8) is 0 Å². The van der Waals surface area contributed by atoms with Crippen LogP contribution in [0.2, 0.25) is 0 Å². The molecule has 6 heteroatoms. The maximum Gasteiger partial charge on any atom is 0.134 e. The van der Waals surface area contributed by atoms with Gasteiger partial charge in [-0.05, 0) is 13.3 Å². The highest BCUT2D eigenvalue weighted by Crippen LogP contribution is 2.20. The van der Waals surface area contributed by atoms with E-state index in [4.69, 9.17) is 4.74 Å². The molecule has 19 heavy (non-hydrogen) atoms. The Morgan fingerprint density at radius 1 is 1.32 bits per heavy atom. The Bertz CT molecular complexity index is 398. The number of aryl methyl sites for hydroxylation is 1. The summed E-state index contributed by atoms with van der Waals surface area (Å²) in [6.45, 7) is 4.75. The third kappa shape index (κ3) is 4.65. The van der Waals surface area contributed by atoms with Crippen LogP contribution in [0.25, 0.3) is 0 Å². The molecule has 0 spiro atoms. The molecule has 0 aliphatic rings. The van der Waals surface area contributed by atoms with Crippen LogP contribution in [0.5, 0.6) is 0 Å². The molecule has 108 valence electrons. The first-order valence-corrected chi connectivity index (χ1v) is 6.58. The first-order valence-electron chi connectivity index (χ1n) is 6.58. The molecule has 1 aromatic rings. The van der Waals surface area contributed by atoms with Crippen molar-refractivity contribution in [1.29, 1.82) is 0 Å². The van der Waals surface area contributed by atoms with Crippen molar-refractivity contribution in [1.82, 2.24) is 9.97 Å². The number of nitrogens with one attached hydrogen (secondary N) is 2. The largest absolute Gasteiger partial charge is 0.389 e. The van der Waals surface area contributed by atoms with Gasteiger partial charge < -0.3 is 20.5 Å². The zero-order chi connectivity index (χ0) is 14.3. The van der Waals surface area contributed by atoms with Gasteiger partial charge in [-0.25, -0.2) is 9.97 Å². The number of methoxy groups -OCH3 is 1. The highest BCUT2D eigenvalue weighted by molar-refractivity contribution is 5.57. The van der Waals surface area contributed by atoms with Crippen molar-refractivity contribution in [3.8, 4) is 0 Å². The Balaban J connectivity index is 2.82. The van der Waals surface area contributed by atoms with Crippen molar-refractivity contribution in [2.24, 2.45) is 0 Å². The maximum absolute atomic E-state index is 9.65. The average Bonchev–Trinajstić information content (AvgIpc) is 2.39.